The maximum atomic E-state index is 10.9. The zero-order valence-electron chi connectivity index (χ0n) is 8.52. The highest BCUT2D eigenvalue weighted by Gasteiger charge is 2.15. The molecule has 0 radical (unpaired) electrons. The van der Waals surface area contributed by atoms with Gasteiger partial charge < -0.3 is 4.74 Å². The first-order valence-electron chi connectivity index (χ1n) is 4.40. The molecule has 0 aromatic heterocycles. The lowest BCUT2D eigenvalue weighted by atomic mass is 10.1. The predicted molar refractivity (Wildman–Crippen MR) is 66.5 cm³/mol. The predicted octanol–water partition coefficient (Wildman–Crippen LogP) is 4.21. The van der Waals surface area contributed by atoms with E-state index in [0.29, 0.717) is 27.1 Å². The van der Waals surface area contributed by atoms with Crippen molar-refractivity contribution in [1.29, 1.82) is 0 Å². The third-order valence-electron chi connectivity index (χ3n) is 1.77. The number of carbonyl (C=O) groups excluding carboxylic acids is 1. The Morgan fingerprint density at radius 3 is 2.44 bits per heavy atom. The quantitative estimate of drug-likeness (QED) is 0.612. The van der Waals surface area contributed by atoms with Gasteiger partial charge in [-0.25, -0.2) is 0 Å². The van der Waals surface area contributed by atoms with E-state index in [0.717, 1.165) is 0 Å². The number of allylic oxidation sites excluding steroid dienone is 1. The zero-order chi connectivity index (χ0) is 12.3. The summed E-state index contributed by atoms with van der Waals surface area (Å²) in [6.07, 6.45) is 0.295. The summed E-state index contributed by atoms with van der Waals surface area (Å²) in [6.45, 7) is 4.85. The van der Waals surface area contributed by atoms with E-state index in [1.165, 1.54) is 6.92 Å². The van der Waals surface area contributed by atoms with Gasteiger partial charge in [0.25, 0.3) is 0 Å². The molecule has 0 fully saturated rings. The van der Waals surface area contributed by atoms with E-state index >= 15 is 0 Å². The summed E-state index contributed by atoms with van der Waals surface area (Å²) in [5.74, 6) is -0.228. The van der Waals surface area contributed by atoms with Crippen LogP contribution in [0.1, 0.15) is 12.5 Å². The van der Waals surface area contributed by atoms with Crippen LogP contribution in [-0.4, -0.2) is 5.97 Å². The maximum absolute atomic E-state index is 10.9. The van der Waals surface area contributed by atoms with Gasteiger partial charge in [0, 0.05) is 29.0 Å². The summed E-state index contributed by atoms with van der Waals surface area (Å²) < 4.78 is 5.00. The minimum atomic E-state index is -0.467. The topological polar surface area (TPSA) is 26.3 Å². The van der Waals surface area contributed by atoms with E-state index in [2.05, 4.69) is 6.58 Å². The van der Waals surface area contributed by atoms with E-state index in [-0.39, 0.29) is 5.75 Å². The Bertz CT molecular complexity index is 400. The molecule has 16 heavy (non-hydrogen) atoms. The van der Waals surface area contributed by atoms with Crippen molar-refractivity contribution < 1.29 is 9.53 Å². The molecule has 0 atom stereocenters. The molecule has 5 heteroatoms. The SMILES string of the molecule is C=C(Cl)Cc1c(Cl)ccc(Cl)c1OC(C)=O. The van der Waals surface area contributed by atoms with Crippen LogP contribution < -0.4 is 4.74 Å². The highest BCUT2D eigenvalue weighted by Crippen LogP contribution is 2.35. The summed E-state index contributed by atoms with van der Waals surface area (Å²) >= 11 is 17.6. The highest BCUT2D eigenvalue weighted by atomic mass is 35.5. The molecule has 0 aliphatic rings. The van der Waals surface area contributed by atoms with Crippen LogP contribution in [0.5, 0.6) is 5.75 Å². The van der Waals surface area contributed by atoms with Gasteiger partial charge >= 0.3 is 5.97 Å². The van der Waals surface area contributed by atoms with Crippen molar-refractivity contribution in [3.05, 3.63) is 39.4 Å². The fourth-order valence-corrected chi connectivity index (χ4v) is 1.75. The number of ether oxygens (including phenoxy) is 1. The van der Waals surface area contributed by atoms with Crippen molar-refractivity contribution in [2.45, 2.75) is 13.3 Å². The molecule has 0 saturated carbocycles. The van der Waals surface area contributed by atoms with E-state index in [9.17, 15) is 4.79 Å². The molecule has 0 bridgehead atoms. The van der Waals surface area contributed by atoms with Gasteiger partial charge in [-0.1, -0.05) is 41.4 Å². The third-order valence-corrected chi connectivity index (χ3v) is 2.56. The van der Waals surface area contributed by atoms with Gasteiger partial charge in [-0.2, -0.15) is 0 Å². The molecule has 0 spiro atoms. The van der Waals surface area contributed by atoms with E-state index in [1.807, 2.05) is 0 Å². The third kappa shape index (κ3) is 3.41. The molecule has 0 heterocycles. The minimum absolute atomic E-state index is 0.239. The second-order valence-electron chi connectivity index (χ2n) is 3.12. The Kier molecular flexibility index (Phi) is 4.66. The number of carbonyl (C=O) groups is 1. The van der Waals surface area contributed by atoms with Crippen LogP contribution in [0.4, 0.5) is 0 Å². The van der Waals surface area contributed by atoms with Gasteiger partial charge in [0.2, 0.25) is 0 Å². The molecule has 1 rings (SSSR count). The number of rotatable bonds is 3. The molecule has 0 aliphatic carbocycles. The Labute approximate surface area is 109 Å². The summed E-state index contributed by atoms with van der Waals surface area (Å²) in [4.78, 5) is 10.9. The average molecular weight is 280 g/mol. The molecule has 0 saturated heterocycles. The fourth-order valence-electron chi connectivity index (χ4n) is 1.19. The Hall–Kier alpha value is -0.700. The molecular formula is C11H9Cl3O2. The van der Waals surface area contributed by atoms with E-state index in [1.54, 1.807) is 12.1 Å². The summed E-state index contributed by atoms with van der Waals surface area (Å²) in [5, 5.41) is 1.13. The summed E-state index contributed by atoms with van der Waals surface area (Å²) in [6, 6.07) is 3.18. The largest absolute Gasteiger partial charge is 0.425 e. The average Bonchev–Trinajstić information content (AvgIpc) is 2.16. The second-order valence-corrected chi connectivity index (χ2v) is 4.47. The lowest BCUT2D eigenvalue weighted by Crippen LogP contribution is -2.05. The van der Waals surface area contributed by atoms with Crippen LogP contribution in [0.2, 0.25) is 10.0 Å². The Balaban J connectivity index is 3.24. The first kappa shape index (κ1) is 13.4. The van der Waals surface area contributed by atoms with Gasteiger partial charge in [-0.15, -0.1) is 0 Å². The standard InChI is InChI=1S/C11H9Cl3O2/c1-6(12)5-8-9(13)3-4-10(14)11(8)16-7(2)15/h3-4H,1,5H2,2H3. The van der Waals surface area contributed by atoms with Crippen molar-refractivity contribution in [1.82, 2.24) is 0 Å². The molecule has 2 nitrogen and oxygen atoms in total. The summed E-state index contributed by atoms with van der Waals surface area (Å²) in [5.41, 5.74) is 0.560. The van der Waals surface area contributed by atoms with Crippen molar-refractivity contribution >= 4 is 40.8 Å². The van der Waals surface area contributed by atoms with Gasteiger partial charge in [-0.05, 0) is 12.1 Å². The fraction of sp³-hybridized carbons (Fsp3) is 0.182. The number of hydrogen-bond donors (Lipinski definition) is 0. The first-order chi connectivity index (χ1) is 7.41. The monoisotopic (exact) mass is 278 g/mol. The van der Waals surface area contributed by atoms with Crippen LogP contribution >= 0.6 is 34.8 Å². The van der Waals surface area contributed by atoms with Crippen molar-refractivity contribution in [2.24, 2.45) is 0 Å². The van der Waals surface area contributed by atoms with Crippen molar-refractivity contribution in [3.63, 3.8) is 0 Å². The molecule has 0 N–H and O–H groups in total. The number of benzene rings is 1. The minimum Gasteiger partial charge on any atom is -0.425 e. The highest BCUT2D eigenvalue weighted by molar-refractivity contribution is 6.35. The van der Waals surface area contributed by atoms with Gasteiger partial charge in [0.1, 0.15) is 0 Å². The molecule has 0 unspecified atom stereocenters. The van der Waals surface area contributed by atoms with Crippen LogP contribution in [0.25, 0.3) is 0 Å². The van der Waals surface area contributed by atoms with Crippen LogP contribution in [0, 0.1) is 0 Å². The maximum Gasteiger partial charge on any atom is 0.308 e. The van der Waals surface area contributed by atoms with Gasteiger partial charge in [0.05, 0.1) is 5.02 Å². The van der Waals surface area contributed by atoms with E-state index in [4.69, 9.17) is 39.5 Å². The number of hydrogen-bond acceptors (Lipinski definition) is 2. The molecule has 1 aromatic carbocycles. The van der Waals surface area contributed by atoms with Crippen LogP contribution in [-0.2, 0) is 11.2 Å². The Morgan fingerprint density at radius 2 is 1.94 bits per heavy atom. The molecular weight excluding hydrogens is 270 g/mol. The number of esters is 1. The Morgan fingerprint density at radius 1 is 1.38 bits per heavy atom. The normalized spacial score (nSPS) is 10.0. The molecule has 1 aromatic rings. The summed E-state index contributed by atoms with van der Waals surface area (Å²) in [7, 11) is 0. The molecule has 86 valence electrons. The van der Waals surface area contributed by atoms with Crippen LogP contribution in [0.3, 0.4) is 0 Å². The smallest absolute Gasteiger partial charge is 0.308 e. The molecule has 0 amide bonds. The second kappa shape index (κ2) is 5.58. The van der Waals surface area contributed by atoms with Crippen molar-refractivity contribution in [2.75, 3.05) is 0 Å². The van der Waals surface area contributed by atoms with Crippen molar-refractivity contribution in [3.8, 4) is 5.75 Å². The first-order valence-corrected chi connectivity index (χ1v) is 5.53. The van der Waals surface area contributed by atoms with Gasteiger partial charge in [0.15, 0.2) is 5.75 Å². The van der Waals surface area contributed by atoms with Crippen LogP contribution in [0.15, 0.2) is 23.7 Å². The lowest BCUT2D eigenvalue weighted by molar-refractivity contribution is -0.131. The lowest BCUT2D eigenvalue weighted by Gasteiger charge is -2.11. The number of halogens is 3. The van der Waals surface area contributed by atoms with E-state index < -0.39 is 5.97 Å². The van der Waals surface area contributed by atoms with Gasteiger partial charge in [-0.3, -0.25) is 4.79 Å². The molecule has 0 aliphatic heterocycles. The zero-order valence-corrected chi connectivity index (χ0v) is 10.8.